The Morgan fingerprint density at radius 1 is 0.872 bits per heavy atom. The van der Waals surface area contributed by atoms with Crippen LogP contribution in [0.2, 0.25) is 0 Å². The van der Waals surface area contributed by atoms with Gasteiger partial charge in [-0.1, -0.05) is 72.8 Å². The Kier molecular flexibility index (Phi) is 7.50. The molecule has 3 aromatic carbocycles. The van der Waals surface area contributed by atoms with Crippen LogP contribution in [0.1, 0.15) is 42.1 Å². The van der Waals surface area contributed by atoms with E-state index in [1.165, 1.54) is 0 Å². The van der Waals surface area contributed by atoms with Gasteiger partial charge in [0.2, 0.25) is 0 Å². The van der Waals surface area contributed by atoms with E-state index in [4.69, 9.17) is 4.74 Å². The molecule has 1 N–H and O–H groups in total. The average molecular weight is 525 g/mol. The molecule has 0 unspecified atom stereocenters. The van der Waals surface area contributed by atoms with Crippen LogP contribution in [0.4, 0.5) is 0 Å². The number of nitrogens with zero attached hydrogens (tertiary/aromatic N) is 2. The summed E-state index contributed by atoms with van der Waals surface area (Å²) in [6, 6.07) is 27.2. The van der Waals surface area contributed by atoms with E-state index in [-0.39, 0.29) is 36.8 Å². The van der Waals surface area contributed by atoms with Crippen LogP contribution in [0, 0.1) is 0 Å². The molecule has 1 fully saturated rings. The summed E-state index contributed by atoms with van der Waals surface area (Å²) < 4.78 is 5.10. The van der Waals surface area contributed by atoms with E-state index in [1.54, 1.807) is 28.9 Å². The first kappa shape index (κ1) is 26.2. The van der Waals surface area contributed by atoms with E-state index in [1.807, 2.05) is 72.8 Å². The third-order valence-electron chi connectivity index (χ3n) is 7.70. The number of hydrogen-bond acceptors (Lipinski definition) is 5. The molecule has 0 aromatic heterocycles. The molecule has 2 aliphatic heterocycles. The lowest BCUT2D eigenvalue weighted by Gasteiger charge is -2.51. The third kappa shape index (κ3) is 5.30. The molecule has 0 bridgehead atoms. The maximum Gasteiger partial charge on any atom is 0.347 e. The number of piperidine rings is 1. The number of likely N-dealkylation sites (tertiary alicyclic amines) is 1. The van der Waals surface area contributed by atoms with Crippen LogP contribution >= 0.6 is 0 Å². The van der Waals surface area contributed by atoms with Crippen LogP contribution in [0.5, 0.6) is 0 Å². The van der Waals surface area contributed by atoms with Crippen molar-refractivity contribution in [3.8, 4) is 11.1 Å². The van der Waals surface area contributed by atoms with Crippen LogP contribution in [0.3, 0.4) is 0 Å². The largest absolute Gasteiger partial charge is 0.511 e. The predicted octanol–water partition coefficient (Wildman–Crippen LogP) is 5.14. The van der Waals surface area contributed by atoms with Gasteiger partial charge in [-0.2, -0.15) is 0 Å². The Labute approximate surface area is 228 Å². The molecule has 2 amide bonds. The maximum absolute atomic E-state index is 13.8. The Bertz CT molecular complexity index is 1380. The lowest BCUT2D eigenvalue weighted by molar-refractivity contribution is -0.148. The van der Waals surface area contributed by atoms with Crippen molar-refractivity contribution in [3.63, 3.8) is 0 Å². The van der Waals surface area contributed by atoms with Gasteiger partial charge in [0.15, 0.2) is 5.57 Å². The lowest BCUT2D eigenvalue weighted by Crippen LogP contribution is -2.60. The van der Waals surface area contributed by atoms with Crippen molar-refractivity contribution in [3.05, 3.63) is 107 Å². The number of hydrogen-bond donors (Lipinski definition) is 1. The van der Waals surface area contributed by atoms with Crippen molar-refractivity contribution in [2.45, 2.75) is 38.3 Å². The van der Waals surface area contributed by atoms with E-state index in [0.29, 0.717) is 31.5 Å². The number of rotatable bonds is 6. The summed E-state index contributed by atoms with van der Waals surface area (Å²) in [6.07, 6.45) is 1.11. The van der Waals surface area contributed by atoms with E-state index in [2.05, 4.69) is 0 Å². The molecule has 200 valence electrons. The summed E-state index contributed by atoms with van der Waals surface area (Å²) >= 11 is 0. The van der Waals surface area contributed by atoms with Crippen LogP contribution in [0.15, 0.2) is 96.3 Å². The standard InChI is InChI=1S/C32H32N2O5/c1-2-39-31(38)28-27(35)21-32(17-19-33(20-18-32)29(36)26-11-7-4-8-12-26)34(30(28)37)22-23-13-15-25(16-14-23)24-9-5-3-6-10-24/h3-16,35H,2,17-22H2,1H3. The van der Waals surface area contributed by atoms with Crippen molar-refractivity contribution < 1.29 is 24.2 Å². The van der Waals surface area contributed by atoms with Crippen LogP contribution in [-0.4, -0.2) is 57.9 Å². The first-order chi connectivity index (χ1) is 18.9. The number of amides is 2. The molecular formula is C32H32N2O5. The third-order valence-corrected chi connectivity index (χ3v) is 7.70. The maximum atomic E-state index is 13.8. The highest BCUT2D eigenvalue weighted by Crippen LogP contribution is 2.41. The molecule has 2 aliphatic rings. The number of esters is 1. The van der Waals surface area contributed by atoms with Gasteiger partial charge in [-0.15, -0.1) is 0 Å². The molecular weight excluding hydrogens is 492 g/mol. The number of carbonyl (C=O) groups excluding carboxylic acids is 3. The van der Waals surface area contributed by atoms with Gasteiger partial charge in [0, 0.05) is 31.6 Å². The summed E-state index contributed by atoms with van der Waals surface area (Å²) in [4.78, 5) is 43.0. The molecule has 0 aliphatic carbocycles. The van der Waals surface area contributed by atoms with Crippen molar-refractivity contribution in [1.82, 2.24) is 9.80 Å². The van der Waals surface area contributed by atoms with Gasteiger partial charge in [0.25, 0.3) is 11.8 Å². The summed E-state index contributed by atoms with van der Waals surface area (Å²) in [6.45, 7) is 2.91. The average Bonchev–Trinajstić information content (AvgIpc) is 2.97. The molecule has 39 heavy (non-hydrogen) atoms. The first-order valence-electron chi connectivity index (χ1n) is 13.3. The van der Waals surface area contributed by atoms with Crippen LogP contribution in [0.25, 0.3) is 11.1 Å². The number of ether oxygens (including phenoxy) is 1. The van der Waals surface area contributed by atoms with Crippen LogP contribution in [-0.2, 0) is 20.9 Å². The Hall–Kier alpha value is -4.39. The second-order valence-electron chi connectivity index (χ2n) is 10.1. The Morgan fingerprint density at radius 2 is 1.46 bits per heavy atom. The number of benzene rings is 3. The molecule has 0 saturated carbocycles. The topological polar surface area (TPSA) is 87.2 Å². The monoisotopic (exact) mass is 524 g/mol. The molecule has 2 heterocycles. The Balaban J connectivity index is 1.42. The van der Waals surface area contributed by atoms with Gasteiger partial charge in [0.1, 0.15) is 5.76 Å². The minimum absolute atomic E-state index is 0.0531. The van der Waals surface area contributed by atoms with Crippen molar-refractivity contribution >= 4 is 17.8 Å². The summed E-state index contributed by atoms with van der Waals surface area (Å²) in [5, 5.41) is 10.9. The van der Waals surface area contributed by atoms with E-state index in [9.17, 15) is 19.5 Å². The van der Waals surface area contributed by atoms with Gasteiger partial charge >= 0.3 is 5.97 Å². The Morgan fingerprint density at radius 3 is 2.08 bits per heavy atom. The second kappa shape index (κ2) is 11.2. The van der Waals surface area contributed by atoms with Crippen LogP contribution < -0.4 is 0 Å². The zero-order valence-corrected chi connectivity index (χ0v) is 22.0. The fourth-order valence-corrected chi connectivity index (χ4v) is 5.57. The van der Waals surface area contributed by atoms with Crippen molar-refractivity contribution in [1.29, 1.82) is 0 Å². The highest BCUT2D eigenvalue weighted by atomic mass is 16.5. The number of aliphatic hydroxyl groups is 1. The number of aliphatic hydroxyl groups excluding tert-OH is 1. The van der Waals surface area contributed by atoms with Gasteiger partial charge in [-0.05, 0) is 48.6 Å². The molecule has 5 rings (SSSR count). The van der Waals surface area contributed by atoms with Gasteiger partial charge < -0.3 is 19.6 Å². The quantitative estimate of drug-likeness (QED) is 0.357. The summed E-state index contributed by atoms with van der Waals surface area (Å²) in [5.74, 6) is -1.64. The lowest BCUT2D eigenvalue weighted by atomic mass is 9.77. The van der Waals surface area contributed by atoms with E-state index < -0.39 is 17.4 Å². The fraction of sp³-hybridized carbons (Fsp3) is 0.281. The van der Waals surface area contributed by atoms with E-state index in [0.717, 1.165) is 16.7 Å². The minimum atomic E-state index is -0.809. The fourth-order valence-electron chi connectivity index (χ4n) is 5.57. The second-order valence-corrected chi connectivity index (χ2v) is 10.1. The zero-order valence-electron chi connectivity index (χ0n) is 22.0. The molecule has 7 nitrogen and oxygen atoms in total. The molecule has 3 aromatic rings. The molecule has 0 radical (unpaired) electrons. The zero-order chi connectivity index (χ0) is 27.4. The normalized spacial score (nSPS) is 16.9. The smallest absolute Gasteiger partial charge is 0.347 e. The SMILES string of the molecule is CCOC(=O)C1=C(O)CC2(CCN(C(=O)c3ccccc3)CC2)N(Cc2ccc(-c3ccccc3)cc2)C1=O. The molecule has 7 heteroatoms. The van der Waals surface area contributed by atoms with Gasteiger partial charge in [-0.3, -0.25) is 9.59 Å². The van der Waals surface area contributed by atoms with Gasteiger partial charge in [0.05, 0.1) is 12.1 Å². The molecule has 1 spiro atoms. The van der Waals surface area contributed by atoms with E-state index >= 15 is 0 Å². The summed E-state index contributed by atoms with van der Waals surface area (Å²) in [7, 11) is 0. The number of carbonyl (C=O) groups is 3. The minimum Gasteiger partial charge on any atom is -0.511 e. The first-order valence-corrected chi connectivity index (χ1v) is 13.3. The highest BCUT2D eigenvalue weighted by molar-refractivity contribution is 6.17. The molecule has 0 atom stereocenters. The molecule has 1 saturated heterocycles. The summed E-state index contributed by atoms with van der Waals surface area (Å²) in [5.41, 5.74) is 2.68. The predicted molar refractivity (Wildman–Crippen MR) is 148 cm³/mol. The highest BCUT2D eigenvalue weighted by Gasteiger charge is 2.50. The van der Waals surface area contributed by atoms with Crippen molar-refractivity contribution in [2.75, 3.05) is 19.7 Å². The van der Waals surface area contributed by atoms with Crippen molar-refractivity contribution in [2.24, 2.45) is 0 Å². The van der Waals surface area contributed by atoms with Gasteiger partial charge in [-0.25, -0.2) is 4.79 Å².